The summed E-state index contributed by atoms with van der Waals surface area (Å²) in [6.07, 6.45) is -0.855. The van der Waals surface area contributed by atoms with E-state index in [0.717, 1.165) is 0 Å². The predicted molar refractivity (Wildman–Crippen MR) is 117 cm³/mol. The Morgan fingerprint density at radius 2 is 1.34 bits per heavy atom. The minimum absolute atomic E-state index is 0.129. The molecule has 0 aromatic heterocycles. The first-order chi connectivity index (χ1) is 14.8. The first-order valence-electron chi connectivity index (χ1n) is 9.85. The van der Waals surface area contributed by atoms with Gasteiger partial charge in [-0.3, -0.25) is 24.0 Å². The molecule has 0 bridgehead atoms. The van der Waals surface area contributed by atoms with Crippen molar-refractivity contribution in [2.24, 2.45) is 23.1 Å². The van der Waals surface area contributed by atoms with Crippen molar-refractivity contribution in [2.75, 3.05) is 5.75 Å². The SMILES string of the molecule is CC(C)CC(N)C(=O)NC(CS)C(=O)NC(CCC(N)=O)C(=O)NC(CC(N)=O)C(=O)O. The molecule has 14 heteroatoms. The average molecular weight is 477 g/mol. The molecule has 32 heavy (non-hydrogen) atoms. The highest BCUT2D eigenvalue weighted by Crippen LogP contribution is 2.05. The van der Waals surface area contributed by atoms with E-state index in [1.807, 2.05) is 13.8 Å². The Kier molecular flexibility index (Phi) is 13.0. The number of primary amides is 2. The highest BCUT2D eigenvalue weighted by atomic mass is 32.1. The van der Waals surface area contributed by atoms with Gasteiger partial charge in [0.25, 0.3) is 0 Å². The summed E-state index contributed by atoms with van der Waals surface area (Å²) < 4.78 is 0. The van der Waals surface area contributed by atoms with E-state index in [0.29, 0.717) is 6.42 Å². The molecule has 13 nitrogen and oxygen atoms in total. The lowest BCUT2D eigenvalue weighted by atomic mass is 10.0. The lowest BCUT2D eigenvalue weighted by Crippen LogP contribution is -2.58. The smallest absolute Gasteiger partial charge is 0.326 e. The second kappa shape index (κ2) is 14.2. The summed E-state index contributed by atoms with van der Waals surface area (Å²) in [7, 11) is 0. The van der Waals surface area contributed by atoms with Crippen LogP contribution >= 0.6 is 12.6 Å². The maximum Gasteiger partial charge on any atom is 0.326 e. The molecule has 0 aliphatic heterocycles. The lowest BCUT2D eigenvalue weighted by molar-refractivity contribution is -0.144. The largest absolute Gasteiger partial charge is 0.480 e. The van der Waals surface area contributed by atoms with Gasteiger partial charge < -0.3 is 38.3 Å². The van der Waals surface area contributed by atoms with Gasteiger partial charge in [0.05, 0.1) is 12.5 Å². The van der Waals surface area contributed by atoms with Gasteiger partial charge in [0, 0.05) is 12.2 Å². The Morgan fingerprint density at radius 1 is 0.844 bits per heavy atom. The molecule has 10 N–H and O–H groups in total. The number of thiol groups is 1. The first kappa shape index (κ1) is 29.1. The summed E-state index contributed by atoms with van der Waals surface area (Å²) in [6, 6.07) is -5.03. The molecule has 0 rings (SSSR count). The fraction of sp³-hybridized carbons (Fsp3) is 0.667. The van der Waals surface area contributed by atoms with Gasteiger partial charge in [-0.1, -0.05) is 13.8 Å². The van der Waals surface area contributed by atoms with Crippen molar-refractivity contribution in [3.05, 3.63) is 0 Å². The molecule has 5 amide bonds. The average Bonchev–Trinajstić information content (AvgIpc) is 2.66. The van der Waals surface area contributed by atoms with Crippen LogP contribution in [0.2, 0.25) is 0 Å². The summed E-state index contributed by atoms with van der Waals surface area (Å²) in [5.74, 6) is -5.60. The molecule has 0 aromatic carbocycles. The van der Waals surface area contributed by atoms with Crippen LogP contribution < -0.4 is 33.2 Å². The van der Waals surface area contributed by atoms with Crippen LogP contribution in [0.5, 0.6) is 0 Å². The minimum atomic E-state index is -1.64. The zero-order valence-electron chi connectivity index (χ0n) is 18.0. The summed E-state index contributed by atoms with van der Waals surface area (Å²) >= 11 is 4.03. The van der Waals surface area contributed by atoms with Crippen LogP contribution in [0.1, 0.15) is 39.5 Å². The van der Waals surface area contributed by atoms with Crippen LogP contribution in [0.3, 0.4) is 0 Å². The van der Waals surface area contributed by atoms with E-state index in [1.165, 1.54) is 0 Å². The number of carboxylic acid groups (broad SMARTS) is 1. The Bertz CT molecular complexity index is 718. The number of nitrogens with two attached hydrogens (primary N) is 3. The highest BCUT2D eigenvalue weighted by Gasteiger charge is 2.30. The van der Waals surface area contributed by atoms with Crippen LogP contribution in [-0.2, 0) is 28.8 Å². The number of carbonyl (C=O) groups excluding carboxylic acids is 5. The number of carbonyl (C=O) groups is 6. The highest BCUT2D eigenvalue weighted by molar-refractivity contribution is 7.80. The van der Waals surface area contributed by atoms with Gasteiger partial charge in [-0.05, 0) is 18.8 Å². The normalized spacial score (nSPS) is 14.5. The van der Waals surface area contributed by atoms with Crippen molar-refractivity contribution in [3.63, 3.8) is 0 Å². The molecule has 0 heterocycles. The molecule has 0 spiro atoms. The van der Waals surface area contributed by atoms with Crippen molar-refractivity contribution >= 4 is 48.1 Å². The summed E-state index contributed by atoms with van der Waals surface area (Å²) in [4.78, 5) is 70.7. The number of nitrogens with one attached hydrogen (secondary N) is 3. The number of hydrogen-bond acceptors (Lipinski definition) is 8. The Hall–Kier alpha value is -2.87. The van der Waals surface area contributed by atoms with Crippen LogP contribution in [0, 0.1) is 5.92 Å². The van der Waals surface area contributed by atoms with Gasteiger partial charge >= 0.3 is 5.97 Å². The molecular weight excluding hydrogens is 444 g/mol. The van der Waals surface area contributed by atoms with E-state index >= 15 is 0 Å². The Balaban J connectivity index is 5.35. The van der Waals surface area contributed by atoms with E-state index in [1.54, 1.807) is 0 Å². The molecule has 0 fully saturated rings. The molecule has 4 atom stereocenters. The standard InChI is InChI=1S/C18H32N6O7S/c1-8(2)5-9(19)15(27)24-12(7-32)17(29)22-10(3-4-13(20)25)16(28)23-11(18(30)31)6-14(21)26/h8-12,32H,3-7,19H2,1-2H3,(H2,20,25)(H2,21,26)(H,22,29)(H,23,28)(H,24,27)(H,30,31). The molecule has 0 saturated heterocycles. The third-order valence-corrected chi connectivity index (χ3v) is 4.58. The summed E-state index contributed by atoms with van der Waals surface area (Å²) in [5.41, 5.74) is 15.9. The van der Waals surface area contributed by atoms with E-state index in [9.17, 15) is 28.8 Å². The van der Waals surface area contributed by atoms with Crippen LogP contribution in [0.15, 0.2) is 0 Å². The summed E-state index contributed by atoms with van der Waals surface area (Å²) in [6.45, 7) is 3.75. The monoisotopic (exact) mass is 476 g/mol. The molecule has 0 aliphatic rings. The fourth-order valence-electron chi connectivity index (χ4n) is 2.59. The zero-order chi connectivity index (χ0) is 25.0. The molecular formula is C18H32N6O7S. The van der Waals surface area contributed by atoms with Crippen LogP contribution in [-0.4, -0.2) is 70.5 Å². The molecule has 0 aromatic rings. The number of hydrogen-bond donors (Lipinski definition) is 8. The molecule has 4 unspecified atom stereocenters. The molecule has 0 radical (unpaired) electrons. The lowest BCUT2D eigenvalue weighted by Gasteiger charge is -2.24. The summed E-state index contributed by atoms with van der Waals surface area (Å²) in [5, 5.41) is 16.0. The molecule has 182 valence electrons. The second-order valence-corrected chi connectivity index (χ2v) is 7.98. The zero-order valence-corrected chi connectivity index (χ0v) is 18.9. The maximum atomic E-state index is 12.6. The Morgan fingerprint density at radius 3 is 1.78 bits per heavy atom. The van der Waals surface area contributed by atoms with Crippen LogP contribution in [0.4, 0.5) is 0 Å². The topological polar surface area (TPSA) is 237 Å². The van der Waals surface area contributed by atoms with Crippen LogP contribution in [0.25, 0.3) is 0 Å². The van der Waals surface area contributed by atoms with E-state index in [-0.39, 0.29) is 24.5 Å². The molecule has 0 aliphatic carbocycles. The maximum absolute atomic E-state index is 12.6. The predicted octanol–water partition coefficient (Wildman–Crippen LogP) is -3.03. The van der Waals surface area contributed by atoms with Gasteiger partial charge in [-0.15, -0.1) is 0 Å². The third-order valence-electron chi connectivity index (χ3n) is 4.21. The first-order valence-corrected chi connectivity index (χ1v) is 10.5. The quantitative estimate of drug-likeness (QED) is 0.113. The fourth-order valence-corrected chi connectivity index (χ4v) is 2.85. The van der Waals surface area contributed by atoms with E-state index in [4.69, 9.17) is 22.3 Å². The minimum Gasteiger partial charge on any atom is -0.480 e. The second-order valence-electron chi connectivity index (χ2n) is 7.62. The van der Waals surface area contributed by atoms with Gasteiger partial charge in [-0.25, -0.2) is 4.79 Å². The number of rotatable bonds is 15. The number of amides is 5. The van der Waals surface area contributed by atoms with Gasteiger partial charge in [0.15, 0.2) is 0 Å². The van der Waals surface area contributed by atoms with Crippen molar-refractivity contribution in [1.29, 1.82) is 0 Å². The van der Waals surface area contributed by atoms with Crippen molar-refractivity contribution in [1.82, 2.24) is 16.0 Å². The van der Waals surface area contributed by atoms with Gasteiger partial charge in [0.1, 0.15) is 18.1 Å². The Labute approximate surface area is 191 Å². The number of aliphatic carboxylic acids is 1. The number of carboxylic acids is 1. The van der Waals surface area contributed by atoms with E-state index < -0.39 is 66.1 Å². The van der Waals surface area contributed by atoms with Gasteiger partial charge in [-0.2, -0.15) is 12.6 Å². The van der Waals surface area contributed by atoms with Crippen molar-refractivity contribution < 1.29 is 33.9 Å². The molecule has 0 saturated carbocycles. The van der Waals surface area contributed by atoms with Crippen molar-refractivity contribution in [2.45, 2.75) is 63.7 Å². The third kappa shape index (κ3) is 11.5. The van der Waals surface area contributed by atoms with Crippen molar-refractivity contribution in [3.8, 4) is 0 Å². The van der Waals surface area contributed by atoms with Gasteiger partial charge in [0.2, 0.25) is 29.5 Å². The van der Waals surface area contributed by atoms with E-state index in [2.05, 4.69) is 28.6 Å².